The molecule has 0 aliphatic carbocycles. The number of carbonyl (C=O) groups excluding carboxylic acids is 1. The number of halogens is 3. The second-order valence-corrected chi connectivity index (χ2v) is 5.42. The minimum atomic E-state index is -0.720. The highest BCUT2D eigenvalue weighted by Gasteiger charge is 2.09. The lowest BCUT2D eigenvalue weighted by atomic mass is 10.1. The van der Waals surface area contributed by atoms with Crippen molar-refractivity contribution >= 4 is 34.9 Å². The molecule has 2 aromatic rings. The van der Waals surface area contributed by atoms with E-state index in [4.69, 9.17) is 28.5 Å². The van der Waals surface area contributed by atoms with Gasteiger partial charge in [0.15, 0.2) is 0 Å². The van der Waals surface area contributed by atoms with Gasteiger partial charge < -0.3 is 10.6 Å². The van der Waals surface area contributed by atoms with Crippen molar-refractivity contribution < 1.29 is 9.18 Å². The molecule has 2 rings (SSSR count). The summed E-state index contributed by atoms with van der Waals surface area (Å²) < 4.78 is 13.5. The number of hydrogen-bond donors (Lipinski definition) is 2. The first-order chi connectivity index (χ1) is 11.5. The first-order valence-electron chi connectivity index (χ1n) is 6.91. The Bertz CT molecular complexity index is 794. The van der Waals surface area contributed by atoms with Gasteiger partial charge in [-0.3, -0.25) is 4.79 Å². The molecule has 0 fully saturated rings. The molecule has 0 bridgehead atoms. The van der Waals surface area contributed by atoms with Gasteiger partial charge in [0.1, 0.15) is 22.7 Å². The first kappa shape index (κ1) is 17.9. The van der Waals surface area contributed by atoms with Crippen LogP contribution in [0, 0.1) is 17.1 Å². The number of nitrogens with zero attached hydrogens (tertiary/aromatic N) is 3. The predicted octanol–water partition coefficient (Wildman–Crippen LogP) is 3.03. The smallest absolute Gasteiger partial charge is 0.251 e. The zero-order chi connectivity index (χ0) is 17.5. The maximum Gasteiger partial charge on any atom is 0.251 e. The van der Waals surface area contributed by atoms with E-state index in [1.807, 2.05) is 0 Å². The summed E-state index contributed by atoms with van der Waals surface area (Å²) in [5, 5.41) is 14.7. The van der Waals surface area contributed by atoms with Gasteiger partial charge in [-0.25, -0.2) is 9.37 Å². The van der Waals surface area contributed by atoms with Gasteiger partial charge in [-0.05, 0) is 36.2 Å². The fourth-order valence-electron chi connectivity index (χ4n) is 1.82. The van der Waals surface area contributed by atoms with E-state index in [-0.39, 0.29) is 16.4 Å². The normalized spacial score (nSPS) is 10.1. The molecule has 0 unspecified atom stereocenters. The van der Waals surface area contributed by atoms with Crippen LogP contribution in [0.4, 0.5) is 10.2 Å². The molecule has 0 radical (unpaired) electrons. The van der Waals surface area contributed by atoms with Crippen molar-refractivity contribution in [1.82, 2.24) is 15.3 Å². The lowest BCUT2D eigenvalue weighted by Gasteiger charge is -2.08. The largest absolute Gasteiger partial charge is 0.369 e. The molecule has 9 heteroatoms. The zero-order valence-corrected chi connectivity index (χ0v) is 13.8. The monoisotopic (exact) mass is 367 g/mol. The third kappa shape index (κ3) is 4.78. The highest BCUT2D eigenvalue weighted by molar-refractivity contribution is 6.33. The number of aromatic nitrogens is 2. The number of carbonyl (C=O) groups is 1. The summed E-state index contributed by atoms with van der Waals surface area (Å²) in [6, 6.07) is 5.41. The van der Waals surface area contributed by atoms with E-state index in [1.54, 1.807) is 6.07 Å². The number of nitrogens with one attached hydrogen (secondary N) is 2. The number of nitriles is 1. The van der Waals surface area contributed by atoms with Crippen molar-refractivity contribution in [1.29, 1.82) is 5.26 Å². The van der Waals surface area contributed by atoms with Gasteiger partial charge in [0, 0.05) is 18.7 Å². The van der Waals surface area contributed by atoms with Gasteiger partial charge in [0.05, 0.1) is 11.8 Å². The van der Waals surface area contributed by atoms with Gasteiger partial charge in [-0.2, -0.15) is 10.2 Å². The van der Waals surface area contributed by atoms with Gasteiger partial charge in [-0.1, -0.05) is 11.6 Å². The quantitative estimate of drug-likeness (QED) is 0.604. The molecule has 0 aliphatic rings. The molecule has 2 N–H and O–H groups in total. The van der Waals surface area contributed by atoms with Gasteiger partial charge in [0.25, 0.3) is 5.91 Å². The second-order valence-electron chi connectivity index (χ2n) is 4.68. The van der Waals surface area contributed by atoms with Crippen LogP contribution < -0.4 is 10.6 Å². The van der Waals surface area contributed by atoms with Crippen LogP contribution in [-0.4, -0.2) is 29.0 Å². The molecule has 0 saturated carbocycles. The fourth-order valence-corrected chi connectivity index (χ4v) is 2.11. The van der Waals surface area contributed by atoms with Gasteiger partial charge >= 0.3 is 0 Å². The molecule has 1 amide bonds. The van der Waals surface area contributed by atoms with Crippen molar-refractivity contribution in [2.45, 2.75) is 6.42 Å². The first-order valence-corrected chi connectivity index (χ1v) is 7.66. The highest BCUT2D eigenvalue weighted by atomic mass is 35.5. The lowest BCUT2D eigenvalue weighted by molar-refractivity contribution is 0.0953. The second kappa shape index (κ2) is 8.43. The SMILES string of the molecule is N#Cc1ccc(C(=O)NCCCNc2nc(Cl)ncc2Cl)cc1F. The van der Waals surface area contributed by atoms with Crippen LogP contribution in [0.25, 0.3) is 0 Å². The molecule has 6 nitrogen and oxygen atoms in total. The summed E-state index contributed by atoms with van der Waals surface area (Å²) in [6.07, 6.45) is 1.98. The molecule has 0 saturated heterocycles. The van der Waals surface area contributed by atoms with Crippen LogP contribution in [0.2, 0.25) is 10.3 Å². The number of rotatable bonds is 6. The van der Waals surface area contributed by atoms with Crippen molar-refractivity contribution in [2.75, 3.05) is 18.4 Å². The van der Waals surface area contributed by atoms with Crippen molar-refractivity contribution in [2.24, 2.45) is 0 Å². The predicted molar refractivity (Wildman–Crippen MR) is 88.6 cm³/mol. The Kier molecular flexibility index (Phi) is 6.29. The minimum absolute atomic E-state index is 0.0815. The Hall–Kier alpha value is -2.43. The van der Waals surface area contributed by atoms with Crippen LogP contribution in [0.5, 0.6) is 0 Å². The van der Waals surface area contributed by atoms with Crippen LogP contribution in [0.1, 0.15) is 22.3 Å². The van der Waals surface area contributed by atoms with Crippen molar-refractivity contribution in [3.63, 3.8) is 0 Å². The van der Waals surface area contributed by atoms with E-state index < -0.39 is 11.7 Å². The van der Waals surface area contributed by atoms with Crippen LogP contribution in [-0.2, 0) is 0 Å². The topological polar surface area (TPSA) is 90.7 Å². The number of anilines is 1. The van der Waals surface area contributed by atoms with E-state index in [1.165, 1.54) is 18.3 Å². The Morgan fingerprint density at radius 3 is 2.83 bits per heavy atom. The maximum atomic E-state index is 13.5. The van der Waals surface area contributed by atoms with Crippen LogP contribution >= 0.6 is 23.2 Å². The standard InChI is InChI=1S/C15H12Cl2FN5O/c16-11-8-22-15(17)23-13(11)20-4-1-5-21-14(24)9-2-3-10(7-19)12(18)6-9/h2-3,6,8H,1,4-5H2,(H,21,24)(H,20,22,23). The molecule has 24 heavy (non-hydrogen) atoms. The van der Waals surface area contributed by atoms with Gasteiger partial charge in [0.2, 0.25) is 5.28 Å². The van der Waals surface area contributed by atoms with Crippen molar-refractivity contribution in [3.05, 3.63) is 51.6 Å². The maximum absolute atomic E-state index is 13.5. The summed E-state index contributed by atoms with van der Waals surface area (Å²) in [5.41, 5.74) is 0.0567. The van der Waals surface area contributed by atoms with E-state index in [0.29, 0.717) is 30.4 Å². The fraction of sp³-hybridized carbons (Fsp3) is 0.200. The highest BCUT2D eigenvalue weighted by Crippen LogP contribution is 2.19. The molecule has 1 heterocycles. The van der Waals surface area contributed by atoms with Crippen LogP contribution in [0.3, 0.4) is 0 Å². The van der Waals surface area contributed by atoms with E-state index in [2.05, 4.69) is 20.6 Å². The third-order valence-corrected chi connectivity index (χ3v) is 3.46. The van der Waals surface area contributed by atoms with Crippen LogP contribution in [0.15, 0.2) is 24.4 Å². The Balaban J connectivity index is 1.78. The van der Waals surface area contributed by atoms with Crippen molar-refractivity contribution in [3.8, 4) is 6.07 Å². The average Bonchev–Trinajstić information content (AvgIpc) is 2.57. The summed E-state index contributed by atoms with van der Waals surface area (Å²) in [4.78, 5) is 19.6. The van der Waals surface area contributed by atoms with Gasteiger partial charge in [-0.15, -0.1) is 0 Å². The lowest BCUT2D eigenvalue weighted by Crippen LogP contribution is -2.26. The Morgan fingerprint density at radius 2 is 2.12 bits per heavy atom. The number of benzene rings is 1. The Morgan fingerprint density at radius 1 is 1.33 bits per heavy atom. The molecule has 1 aromatic heterocycles. The van der Waals surface area contributed by atoms with E-state index in [0.717, 1.165) is 6.07 Å². The molecule has 124 valence electrons. The third-order valence-electron chi connectivity index (χ3n) is 3.00. The molecule has 1 aromatic carbocycles. The zero-order valence-electron chi connectivity index (χ0n) is 12.3. The Labute approximate surface area is 147 Å². The summed E-state index contributed by atoms with van der Waals surface area (Å²) >= 11 is 11.6. The van der Waals surface area contributed by atoms with E-state index >= 15 is 0 Å². The number of hydrogen-bond acceptors (Lipinski definition) is 5. The molecule has 0 spiro atoms. The summed E-state index contributed by atoms with van der Waals surface area (Å²) in [6.45, 7) is 0.860. The molecule has 0 aliphatic heterocycles. The average molecular weight is 368 g/mol. The summed E-state index contributed by atoms with van der Waals surface area (Å²) in [5.74, 6) is -0.722. The minimum Gasteiger partial charge on any atom is -0.369 e. The number of amides is 1. The molecular formula is C15H12Cl2FN5O. The summed E-state index contributed by atoms with van der Waals surface area (Å²) in [7, 11) is 0. The molecular weight excluding hydrogens is 356 g/mol. The molecule has 0 atom stereocenters. The van der Waals surface area contributed by atoms with E-state index in [9.17, 15) is 9.18 Å².